The lowest BCUT2D eigenvalue weighted by Gasteiger charge is -2.32. The number of aliphatic imine (C=N–C) groups is 2. The Labute approximate surface area is 718 Å². The van der Waals surface area contributed by atoms with Crippen molar-refractivity contribution in [3.8, 4) is 112 Å². The third kappa shape index (κ3) is 12.1. The first kappa shape index (κ1) is 71.6. The first-order chi connectivity index (χ1) is 60.9. The summed E-state index contributed by atoms with van der Waals surface area (Å²) in [5.74, 6) is 3.43. The van der Waals surface area contributed by atoms with Crippen molar-refractivity contribution in [2.75, 3.05) is 7.05 Å². The van der Waals surface area contributed by atoms with E-state index in [1.807, 2.05) is 17.4 Å². The summed E-state index contributed by atoms with van der Waals surface area (Å²) in [5, 5.41) is 19.0. The van der Waals surface area contributed by atoms with Gasteiger partial charge in [-0.3, -0.25) is 0 Å². The molecule has 0 amide bonds. The lowest BCUT2D eigenvalue weighted by Crippen LogP contribution is -2.35. The third-order valence-electron chi connectivity index (χ3n) is 25.0. The Morgan fingerprint density at radius 1 is 0.228 bits per heavy atom. The van der Waals surface area contributed by atoms with Crippen LogP contribution < -0.4 is 0 Å². The number of hydrogen-bond acceptors (Lipinski definition) is 8. The van der Waals surface area contributed by atoms with Crippen LogP contribution in [-0.4, -0.2) is 38.6 Å². The molecule has 24 rings (SSSR count). The standard InChI is InChI=1S/C115H72N6S2/c1-121-114(76-58-54-71(55-59-76)70-28-5-2-6-29-70)119-113(100-52-26-49-96-83-39-23-24-53-102(83)122-108(96)100)120-115(121)77-60-56-74(57-61-77)104-86-40-15-17-42-88(86)107(89-43-18-16-41-87(89)104)95-65-63-78(68-101(95)73-30-7-3-8-31-73)79-62-64-84-97-50-27-51-99(109(97)123-103(84)69-79)112-117-110(75-33-9-4-10-34-75)116-111(118-112)98-67-66-94(81-37-13-14-38-82(81)98)106-92-46-21-19-44-90(92)105(91-45-20-22-47-93(91)106)85-48-25-35-72-32-11-12-36-80(72)85/h2-69,114H,1H3. The zero-order valence-corrected chi connectivity index (χ0v) is 68.5. The quantitative estimate of drug-likeness (QED) is 0.108. The minimum atomic E-state index is -0.333. The van der Waals surface area contributed by atoms with Gasteiger partial charge in [0.05, 0.1) is 0 Å². The van der Waals surface area contributed by atoms with Crippen LogP contribution >= 0.6 is 22.7 Å². The molecule has 0 fully saturated rings. The average Bonchev–Trinajstić information content (AvgIpc) is 1.64. The van der Waals surface area contributed by atoms with Gasteiger partial charge in [0.1, 0.15) is 12.0 Å². The van der Waals surface area contributed by atoms with E-state index in [1.165, 1.54) is 123 Å². The van der Waals surface area contributed by atoms with Crippen LogP contribution in [0.5, 0.6) is 0 Å². The van der Waals surface area contributed by atoms with Gasteiger partial charge in [0.2, 0.25) is 0 Å². The summed E-state index contributed by atoms with van der Waals surface area (Å²) in [6.45, 7) is 0. The van der Waals surface area contributed by atoms with Gasteiger partial charge in [0.15, 0.2) is 23.3 Å². The highest BCUT2D eigenvalue weighted by Gasteiger charge is 2.31. The fourth-order valence-electron chi connectivity index (χ4n) is 19.3. The van der Waals surface area contributed by atoms with E-state index in [4.69, 9.17) is 24.9 Å². The highest BCUT2D eigenvalue weighted by atomic mass is 32.1. The SMILES string of the molecule is CN1C(c2ccc(-c3c4ccccc4c(-c4ccc(-c5ccc6c(c5)sc5c(-c7nc(-c8ccccc8)nc(-c8ccc(-c9c%10ccccc%10c(-c%10cccc%11ccccc%10%11)c%10ccccc9%10)c9ccccc89)n7)cccc56)cc4-c4ccccc4)c4ccccc34)cc2)=NC(c2cccc3c2sc2ccccc23)=NC1c1ccc(-c2ccccc2)cc1. The average molecular weight is 1600 g/mol. The molecule has 123 heavy (non-hydrogen) atoms. The second-order valence-corrected chi connectivity index (χ2v) is 34.0. The number of fused-ring (bicyclic) bond motifs is 12. The molecule has 1 unspecified atom stereocenters. The molecule has 4 heterocycles. The summed E-state index contributed by atoms with van der Waals surface area (Å²) in [5.41, 5.74) is 22.4. The Bertz CT molecular complexity index is 8200. The van der Waals surface area contributed by atoms with Gasteiger partial charge >= 0.3 is 0 Å². The second-order valence-electron chi connectivity index (χ2n) is 31.9. The molecule has 0 N–H and O–H groups in total. The van der Waals surface area contributed by atoms with Crippen LogP contribution in [0, 0.1) is 0 Å². The first-order valence-electron chi connectivity index (χ1n) is 41.8. The highest BCUT2D eigenvalue weighted by molar-refractivity contribution is 7.26. The van der Waals surface area contributed by atoms with Gasteiger partial charge in [0, 0.05) is 75.2 Å². The van der Waals surface area contributed by atoms with Crippen molar-refractivity contribution in [1.29, 1.82) is 0 Å². The Morgan fingerprint density at radius 3 is 1.25 bits per heavy atom. The Hall–Kier alpha value is -15.5. The van der Waals surface area contributed by atoms with E-state index < -0.39 is 0 Å². The zero-order chi connectivity index (χ0) is 81.2. The lowest BCUT2D eigenvalue weighted by atomic mass is 9.83. The number of rotatable bonds is 13. The van der Waals surface area contributed by atoms with Crippen molar-refractivity contribution in [2.24, 2.45) is 9.98 Å². The fourth-order valence-corrected chi connectivity index (χ4v) is 21.8. The molecule has 1 aliphatic heterocycles. The predicted octanol–water partition coefficient (Wildman–Crippen LogP) is 31.0. The maximum atomic E-state index is 5.57. The molecular formula is C115H72N6S2. The number of benzene rings is 20. The molecule has 0 radical (unpaired) electrons. The summed E-state index contributed by atoms with van der Waals surface area (Å²) in [7, 11) is 2.13. The Kier molecular flexibility index (Phi) is 17.2. The maximum absolute atomic E-state index is 5.57. The van der Waals surface area contributed by atoms with E-state index in [0.29, 0.717) is 17.5 Å². The van der Waals surface area contributed by atoms with Crippen molar-refractivity contribution in [1.82, 2.24) is 19.9 Å². The smallest absolute Gasteiger partial charge is 0.165 e. The number of amidine groups is 2. The molecule has 0 saturated heterocycles. The van der Waals surface area contributed by atoms with E-state index >= 15 is 0 Å². The molecule has 3 aromatic heterocycles. The summed E-state index contributed by atoms with van der Waals surface area (Å²) in [4.78, 5) is 29.7. The van der Waals surface area contributed by atoms with Crippen molar-refractivity contribution in [2.45, 2.75) is 6.17 Å². The Balaban J connectivity index is 0.595. The Morgan fingerprint density at radius 2 is 0.618 bits per heavy atom. The van der Waals surface area contributed by atoms with Crippen LogP contribution in [0.4, 0.5) is 0 Å². The number of nitrogens with zero attached hydrogens (tertiary/aromatic N) is 6. The number of thiophene rings is 2. The highest BCUT2D eigenvalue weighted by Crippen LogP contribution is 2.52. The fraction of sp³-hybridized carbons (Fsp3) is 0.0174. The number of aromatic nitrogens is 3. The van der Waals surface area contributed by atoms with Crippen LogP contribution in [0.1, 0.15) is 22.9 Å². The van der Waals surface area contributed by atoms with Gasteiger partial charge in [-0.25, -0.2) is 24.9 Å². The van der Waals surface area contributed by atoms with Gasteiger partial charge < -0.3 is 4.90 Å². The normalized spacial score (nSPS) is 13.1. The molecule has 0 saturated carbocycles. The molecule has 0 aliphatic carbocycles. The molecule has 23 aromatic rings. The minimum Gasteiger partial charge on any atom is -0.333 e. The van der Waals surface area contributed by atoms with Gasteiger partial charge in [-0.2, -0.15) is 0 Å². The van der Waals surface area contributed by atoms with Crippen LogP contribution in [0.3, 0.4) is 0 Å². The van der Waals surface area contributed by atoms with Gasteiger partial charge in [-0.1, -0.05) is 376 Å². The van der Waals surface area contributed by atoms with E-state index in [-0.39, 0.29) is 6.17 Å². The molecule has 20 aromatic carbocycles. The monoisotopic (exact) mass is 1600 g/mol. The van der Waals surface area contributed by atoms with Crippen LogP contribution in [0.15, 0.2) is 422 Å². The topological polar surface area (TPSA) is 66.6 Å². The maximum Gasteiger partial charge on any atom is 0.165 e. The lowest BCUT2D eigenvalue weighted by molar-refractivity contribution is 0.383. The van der Waals surface area contributed by atoms with Crippen molar-refractivity contribution in [3.05, 3.63) is 429 Å². The van der Waals surface area contributed by atoms with E-state index in [9.17, 15) is 0 Å². The second kappa shape index (κ2) is 29.5. The number of hydrogen-bond donors (Lipinski definition) is 0. The molecule has 8 heteroatoms. The predicted molar refractivity (Wildman–Crippen MR) is 521 cm³/mol. The molecule has 0 spiro atoms. The zero-order valence-electron chi connectivity index (χ0n) is 66.8. The molecular weight excluding hydrogens is 1530 g/mol. The largest absolute Gasteiger partial charge is 0.333 e. The summed E-state index contributed by atoms with van der Waals surface area (Å²) < 4.78 is 4.73. The van der Waals surface area contributed by atoms with E-state index in [1.54, 1.807) is 11.3 Å². The first-order valence-corrected chi connectivity index (χ1v) is 43.5. The molecule has 0 bridgehead atoms. The minimum absolute atomic E-state index is 0.333. The third-order valence-corrected chi connectivity index (χ3v) is 27.4. The van der Waals surface area contributed by atoms with Crippen LogP contribution in [0.25, 0.3) is 217 Å². The van der Waals surface area contributed by atoms with Crippen molar-refractivity contribution in [3.63, 3.8) is 0 Å². The van der Waals surface area contributed by atoms with Gasteiger partial charge in [0.25, 0.3) is 0 Å². The van der Waals surface area contributed by atoms with Crippen molar-refractivity contribution >= 4 is 139 Å². The summed E-state index contributed by atoms with van der Waals surface area (Å²) >= 11 is 3.60. The summed E-state index contributed by atoms with van der Waals surface area (Å²) in [6.07, 6.45) is -0.333. The molecule has 1 atom stereocenters. The van der Waals surface area contributed by atoms with Gasteiger partial charge in [-0.15, -0.1) is 22.7 Å². The molecule has 574 valence electrons. The van der Waals surface area contributed by atoms with Crippen LogP contribution in [0.2, 0.25) is 0 Å². The van der Waals surface area contributed by atoms with Crippen molar-refractivity contribution < 1.29 is 0 Å². The molecule has 1 aliphatic rings. The van der Waals surface area contributed by atoms with Gasteiger partial charge in [-0.05, 0) is 184 Å². The summed E-state index contributed by atoms with van der Waals surface area (Å²) in [6, 6.07) is 150. The van der Waals surface area contributed by atoms with E-state index in [0.717, 1.165) is 105 Å². The molecule has 6 nitrogen and oxygen atoms in total. The van der Waals surface area contributed by atoms with Crippen LogP contribution in [-0.2, 0) is 0 Å². The van der Waals surface area contributed by atoms with E-state index in [2.05, 4.69) is 418 Å².